The smallest absolute Gasteiger partial charge is 0.407 e. The molecule has 0 atom stereocenters. The van der Waals surface area contributed by atoms with Crippen molar-refractivity contribution < 1.29 is 24.2 Å². The maximum atomic E-state index is 12.6. The molecule has 8 heteroatoms. The van der Waals surface area contributed by atoms with Crippen LogP contribution in [0.25, 0.3) is 11.1 Å². The second-order valence-corrected chi connectivity index (χ2v) is 7.93. The van der Waals surface area contributed by atoms with Gasteiger partial charge in [0.25, 0.3) is 5.91 Å². The lowest BCUT2D eigenvalue weighted by Crippen LogP contribution is -2.35. The van der Waals surface area contributed by atoms with Gasteiger partial charge in [0.15, 0.2) is 0 Å². The van der Waals surface area contributed by atoms with Crippen molar-refractivity contribution in [2.75, 3.05) is 19.7 Å². The predicted octanol–water partition coefficient (Wildman–Crippen LogP) is 3.67. The Morgan fingerprint density at radius 2 is 1.68 bits per heavy atom. The van der Waals surface area contributed by atoms with Crippen LogP contribution in [0.15, 0.2) is 66.9 Å². The predicted molar refractivity (Wildman–Crippen MR) is 125 cm³/mol. The van der Waals surface area contributed by atoms with Crippen LogP contribution in [0, 0.1) is 0 Å². The molecule has 0 saturated heterocycles. The number of carbonyl (C=O) groups excluding carboxylic acids is 2. The maximum Gasteiger partial charge on any atom is 0.407 e. The van der Waals surface area contributed by atoms with Gasteiger partial charge in [-0.1, -0.05) is 48.5 Å². The fourth-order valence-corrected chi connectivity index (χ4v) is 4.19. The zero-order chi connectivity index (χ0) is 24.1. The second kappa shape index (κ2) is 10.2. The number of alkyl carbamates (subject to hydrolysis) is 1. The standard InChI is InChI=1S/C26H25N3O5/c1-2-29(15-24(30)31)25(32)17-11-12-27-18(13-17)14-28-26(33)34-16-23-21-9-5-3-7-19(21)20-8-4-6-10-22(20)23/h3-13,23H,2,14-16H2,1H3,(H,28,33)(H,30,31). The quantitative estimate of drug-likeness (QED) is 0.532. The minimum atomic E-state index is -1.08. The van der Waals surface area contributed by atoms with Crippen LogP contribution in [0.5, 0.6) is 0 Å². The Hall–Kier alpha value is -4.20. The van der Waals surface area contributed by atoms with Gasteiger partial charge in [-0.25, -0.2) is 4.79 Å². The molecule has 1 aromatic heterocycles. The Bertz CT molecular complexity index is 1180. The van der Waals surface area contributed by atoms with Crippen molar-refractivity contribution in [2.24, 2.45) is 0 Å². The number of ether oxygens (including phenoxy) is 1. The van der Waals surface area contributed by atoms with E-state index < -0.39 is 18.0 Å². The summed E-state index contributed by atoms with van der Waals surface area (Å²) in [4.78, 5) is 41.3. The summed E-state index contributed by atoms with van der Waals surface area (Å²) in [5.41, 5.74) is 5.34. The SMILES string of the molecule is CCN(CC(=O)O)C(=O)c1ccnc(CNC(=O)OCC2c3ccccc3-c3ccccc32)c1. The molecule has 0 bridgehead atoms. The van der Waals surface area contributed by atoms with Crippen LogP contribution in [-0.2, 0) is 16.1 Å². The Labute approximate surface area is 197 Å². The molecule has 34 heavy (non-hydrogen) atoms. The number of fused-ring (bicyclic) bond motifs is 3. The van der Waals surface area contributed by atoms with Crippen molar-refractivity contribution >= 4 is 18.0 Å². The van der Waals surface area contributed by atoms with Crippen LogP contribution in [0.3, 0.4) is 0 Å². The van der Waals surface area contributed by atoms with E-state index in [0.717, 1.165) is 22.3 Å². The molecule has 174 valence electrons. The number of benzene rings is 2. The van der Waals surface area contributed by atoms with Crippen molar-refractivity contribution in [1.29, 1.82) is 0 Å². The molecular weight excluding hydrogens is 434 g/mol. The molecule has 0 aliphatic heterocycles. The summed E-state index contributed by atoms with van der Waals surface area (Å²) in [6, 6.07) is 19.3. The summed E-state index contributed by atoms with van der Waals surface area (Å²) in [6.07, 6.45) is 0.873. The van der Waals surface area contributed by atoms with Gasteiger partial charge in [0.05, 0.1) is 12.2 Å². The van der Waals surface area contributed by atoms with Gasteiger partial charge in [0, 0.05) is 24.2 Å². The van der Waals surface area contributed by atoms with E-state index in [-0.39, 0.29) is 32.2 Å². The van der Waals surface area contributed by atoms with Gasteiger partial charge in [-0.2, -0.15) is 0 Å². The average Bonchev–Trinajstić information content (AvgIpc) is 3.18. The first-order valence-corrected chi connectivity index (χ1v) is 11.0. The fourth-order valence-electron chi connectivity index (χ4n) is 4.19. The van der Waals surface area contributed by atoms with Crippen molar-refractivity contribution in [2.45, 2.75) is 19.4 Å². The zero-order valence-corrected chi connectivity index (χ0v) is 18.7. The first-order chi connectivity index (χ1) is 16.5. The number of hydrogen-bond donors (Lipinski definition) is 2. The zero-order valence-electron chi connectivity index (χ0n) is 18.7. The summed E-state index contributed by atoms with van der Waals surface area (Å²) < 4.78 is 5.52. The van der Waals surface area contributed by atoms with E-state index >= 15 is 0 Å². The molecule has 1 aliphatic rings. The highest BCUT2D eigenvalue weighted by Gasteiger charge is 2.29. The molecule has 0 radical (unpaired) electrons. The van der Waals surface area contributed by atoms with Crippen molar-refractivity contribution in [3.8, 4) is 11.1 Å². The maximum absolute atomic E-state index is 12.6. The number of nitrogens with one attached hydrogen (secondary N) is 1. The van der Waals surface area contributed by atoms with Crippen LogP contribution in [-0.4, -0.2) is 52.7 Å². The molecule has 0 spiro atoms. The third-order valence-electron chi connectivity index (χ3n) is 5.82. The Morgan fingerprint density at radius 1 is 1.03 bits per heavy atom. The minimum Gasteiger partial charge on any atom is -0.480 e. The molecular formula is C26H25N3O5. The van der Waals surface area contributed by atoms with E-state index in [1.807, 2.05) is 24.3 Å². The first-order valence-electron chi connectivity index (χ1n) is 11.0. The number of carboxylic acids is 1. The van der Waals surface area contributed by atoms with Gasteiger partial charge in [0.1, 0.15) is 13.2 Å². The van der Waals surface area contributed by atoms with Crippen LogP contribution in [0.1, 0.15) is 40.0 Å². The summed E-state index contributed by atoms with van der Waals surface area (Å²) in [5, 5.41) is 11.7. The number of rotatable bonds is 8. The molecule has 8 nitrogen and oxygen atoms in total. The van der Waals surface area contributed by atoms with Gasteiger partial charge in [-0.05, 0) is 41.3 Å². The van der Waals surface area contributed by atoms with Crippen LogP contribution < -0.4 is 5.32 Å². The number of likely N-dealkylation sites (N-methyl/N-ethyl adjacent to an activating group) is 1. The van der Waals surface area contributed by atoms with Crippen LogP contribution in [0.4, 0.5) is 4.79 Å². The van der Waals surface area contributed by atoms with Crippen LogP contribution in [0.2, 0.25) is 0 Å². The molecule has 1 aliphatic carbocycles. The number of aromatic nitrogens is 1. The lowest BCUT2D eigenvalue weighted by atomic mass is 9.98. The lowest BCUT2D eigenvalue weighted by Gasteiger charge is -2.18. The monoisotopic (exact) mass is 459 g/mol. The number of aliphatic carboxylic acids is 1. The molecule has 4 rings (SSSR count). The van der Waals surface area contributed by atoms with E-state index in [1.165, 1.54) is 23.2 Å². The van der Waals surface area contributed by atoms with Gasteiger partial charge in [-0.3, -0.25) is 14.6 Å². The molecule has 0 fully saturated rings. The number of pyridine rings is 1. The Balaban J connectivity index is 1.36. The highest BCUT2D eigenvalue weighted by Crippen LogP contribution is 2.44. The highest BCUT2D eigenvalue weighted by molar-refractivity contribution is 5.95. The molecule has 0 unspecified atom stereocenters. The Kier molecular flexibility index (Phi) is 6.87. The van der Waals surface area contributed by atoms with Crippen molar-refractivity contribution in [3.63, 3.8) is 0 Å². The number of carboxylic acid groups (broad SMARTS) is 1. The number of carbonyl (C=O) groups is 3. The fraction of sp³-hybridized carbons (Fsp3) is 0.231. The summed E-state index contributed by atoms with van der Waals surface area (Å²) >= 11 is 0. The lowest BCUT2D eigenvalue weighted by molar-refractivity contribution is -0.137. The first kappa shape index (κ1) is 23.0. The van der Waals surface area contributed by atoms with Gasteiger partial charge in [0.2, 0.25) is 0 Å². The molecule has 0 saturated carbocycles. The average molecular weight is 460 g/mol. The summed E-state index contributed by atoms with van der Waals surface area (Å²) in [5.74, 6) is -1.53. The molecule has 2 N–H and O–H groups in total. The van der Waals surface area contributed by atoms with E-state index in [2.05, 4.69) is 34.6 Å². The van der Waals surface area contributed by atoms with E-state index in [4.69, 9.17) is 9.84 Å². The normalized spacial score (nSPS) is 11.9. The highest BCUT2D eigenvalue weighted by atomic mass is 16.5. The van der Waals surface area contributed by atoms with Crippen molar-refractivity contribution in [1.82, 2.24) is 15.2 Å². The third kappa shape index (κ3) is 4.91. The molecule has 1 heterocycles. The Morgan fingerprint density at radius 3 is 2.29 bits per heavy atom. The molecule has 3 aromatic rings. The second-order valence-electron chi connectivity index (χ2n) is 7.93. The minimum absolute atomic E-state index is 0.0357. The largest absolute Gasteiger partial charge is 0.480 e. The van der Waals surface area contributed by atoms with Crippen molar-refractivity contribution in [3.05, 3.63) is 89.2 Å². The summed E-state index contributed by atoms with van der Waals surface area (Å²) in [6.45, 7) is 1.86. The topological polar surface area (TPSA) is 109 Å². The molecule has 2 amide bonds. The summed E-state index contributed by atoms with van der Waals surface area (Å²) in [7, 11) is 0. The van der Waals surface area contributed by atoms with Gasteiger partial charge >= 0.3 is 12.1 Å². The van der Waals surface area contributed by atoms with E-state index in [9.17, 15) is 14.4 Å². The van der Waals surface area contributed by atoms with Crippen LogP contribution >= 0.6 is 0 Å². The van der Waals surface area contributed by atoms with Gasteiger partial charge < -0.3 is 20.1 Å². The molecule has 2 aromatic carbocycles. The van der Waals surface area contributed by atoms with Gasteiger partial charge in [-0.15, -0.1) is 0 Å². The third-order valence-corrected chi connectivity index (χ3v) is 5.82. The number of nitrogens with zero attached hydrogens (tertiary/aromatic N) is 2. The van der Waals surface area contributed by atoms with E-state index in [0.29, 0.717) is 11.3 Å². The number of hydrogen-bond acceptors (Lipinski definition) is 5. The van der Waals surface area contributed by atoms with E-state index in [1.54, 1.807) is 6.92 Å². The number of amides is 2.